The van der Waals surface area contributed by atoms with Crippen LogP contribution in [0.3, 0.4) is 0 Å². The lowest BCUT2D eigenvalue weighted by atomic mass is 9.71. The highest BCUT2D eigenvalue weighted by Gasteiger charge is 2.49. The molecule has 6 unspecified atom stereocenters. The highest BCUT2D eigenvalue weighted by atomic mass is 35.5. The fraction of sp³-hybridized carbons (Fsp3) is 0.464. The molecular formula is C28H32ClNO10. The fourth-order valence-electron chi connectivity index (χ4n) is 5.93. The van der Waals surface area contributed by atoms with Gasteiger partial charge in [0.15, 0.2) is 17.9 Å². The van der Waals surface area contributed by atoms with Gasteiger partial charge in [-0.1, -0.05) is 19.1 Å². The van der Waals surface area contributed by atoms with Gasteiger partial charge in [-0.05, 0) is 13.0 Å². The van der Waals surface area contributed by atoms with Crippen LogP contribution in [-0.2, 0) is 20.7 Å². The number of aliphatic hydroxyl groups excluding tert-OH is 1. The summed E-state index contributed by atoms with van der Waals surface area (Å²) in [7, 11) is 1.34. The molecule has 1 saturated heterocycles. The van der Waals surface area contributed by atoms with Crippen molar-refractivity contribution < 1.29 is 49.0 Å². The molecule has 6 N–H and O–H groups in total. The number of rotatable bonds is 5. The predicted molar refractivity (Wildman–Crippen MR) is 142 cm³/mol. The number of phenolic OH excluding ortho intramolecular Hbond substituents is 2. The van der Waals surface area contributed by atoms with Crippen LogP contribution in [0.1, 0.15) is 82.2 Å². The van der Waals surface area contributed by atoms with Crippen molar-refractivity contribution in [2.24, 2.45) is 5.73 Å². The summed E-state index contributed by atoms with van der Waals surface area (Å²) >= 11 is 0. The number of hydrogen-bond donors (Lipinski definition) is 5. The first-order valence-corrected chi connectivity index (χ1v) is 12.8. The van der Waals surface area contributed by atoms with Gasteiger partial charge in [-0.15, -0.1) is 12.4 Å². The topological polar surface area (TPSA) is 186 Å². The van der Waals surface area contributed by atoms with E-state index in [0.717, 1.165) is 0 Å². The average Bonchev–Trinajstić information content (AvgIpc) is 2.90. The molecule has 40 heavy (non-hydrogen) atoms. The van der Waals surface area contributed by atoms with Gasteiger partial charge in [0.2, 0.25) is 5.78 Å². The summed E-state index contributed by atoms with van der Waals surface area (Å²) in [5.41, 5.74) is 3.03. The number of ketones is 3. The number of Topliss-reactive ketones (excluding diaryl/α,β-unsaturated/α-hetero) is 1. The van der Waals surface area contributed by atoms with Crippen LogP contribution >= 0.6 is 12.4 Å². The Morgan fingerprint density at radius 2 is 1.82 bits per heavy atom. The number of nitrogens with two attached hydrogens (primary N) is 1. The molecule has 1 fully saturated rings. The van der Waals surface area contributed by atoms with Crippen molar-refractivity contribution in [3.05, 3.63) is 51.6 Å². The standard InChI is InChI=1S/C28H31NO10.ClH/c1-4-17(30)28(36)9-13-20(16(10-28)39-18-8-14(29)23(31)11(2)38-18)27(35)22-21(25(13)33)24(32)12-6-5-7-15(37-3)19(12)26(22)34;/h5-7,11,14,16,18,23,31,33,35-36H,4,8-10,29H2,1-3H3;1H. The smallest absolute Gasteiger partial charge is 0.202 e. The third-order valence-corrected chi connectivity index (χ3v) is 7.98. The van der Waals surface area contributed by atoms with E-state index in [2.05, 4.69) is 0 Å². The molecule has 0 radical (unpaired) electrons. The summed E-state index contributed by atoms with van der Waals surface area (Å²) in [6.07, 6.45) is -4.53. The number of phenols is 2. The lowest BCUT2D eigenvalue weighted by Crippen LogP contribution is -2.52. The third kappa shape index (κ3) is 4.47. The van der Waals surface area contributed by atoms with Gasteiger partial charge in [-0.25, -0.2) is 0 Å². The van der Waals surface area contributed by atoms with Crippen molar-refractivity contribution >= 4 is 29.8 Å². The van der Waals surface area contributed by atoms with Crippen molar-refractivity contribution in [3.63, 3.8) is 0 Å². The van der Waals surface area contributed by atoms with Crippen LogP contribution in [0.2, 0.25) is 0 Å². The highest BCUT2D eigenvalue weighted by Crippen LogP contribution is 2.52. The second-order valence-corrected chi connectivity index (χ2v) is 10.4. The number of hydrogen-bond acceptors (Lipinski definition) is 11. The summed E-state index contributed by atoms with van der Waals surface area (Å²) < 4.78 is 17.1. The zero-order chi connectivity index (χ0) is 28.4. The van der Waals surface area contributed by atoms with Crippen molar-refractivity contribution in [2.75, 3.05) is 7.11 Å². The van der Waals surface area contributed by atoms with Gasteiger partial charge in [0.25, 0.3) is 0 Å². The molecule has 0 aromatic heterocycles. The molecule has 1 heterocycles. The molecule has 216 valence electrons. The van der Waals surface area contributed by atoms with E-state index in [1.807, 2.05) is 0 Å². The van der Waals surface area contributed by atoms with Gasteiger partial charge in [0.05, 0.1) is 42.1 Å². The number of carbonyl (C=O) groups excluding carboxylic acids is 3. The van der Waals surface area contributed by atoms with Crippen LogP contribution in [0, 0.1) is 0 Å². The first-order chi connectivity index (χ1) is 18.4. The SMILES string of the molecule is CCC(=O)C1(O)Cc2c(O)c3c(c(O)c2C(OC2CC(N)C(O)C(C)O2)C1)C(=O)c1c(OC)cccc1C3=O.Cl. The molecule has 2 aliphatic carbocycles. The Balaban J connectivity index is 0.00000370. The Kier molecular flexibility index (Phi) is 8.03. The molecule has 0 bridgehead atoms. The zero-order valence-electron chi connectivity index (χ0n) is 22.2. The maximum atomic E-state index is 13.7. The normalized spacial score (nSPS) is 29.1. The minimum absolute atomic E-state index is 0. The van der Waals surface area contributed by atoms with Gasteiger partial charge >= 0.3 is 0 Å². The van der Waals surface area contributed by atoms with E-state index in [1.165, 1.54) is 25.3 Å². The van der Waals surface area contributed by atoms with Crippen molar-refractivity contribution in [1.29, 1.82) is 0 Å². The van der Waals surface area contributed by atoms with Gasteiger partial charge < -0.3 is 40.4 Å². The van der Waals surface area contributed by atoms with Crippen LogP contribution in [0.5, 0.6) is 17.2 Å². The van der Waals surface area contributed by atoms with E-state index >= 15 is 0 Å². The molecule has 2 aromatic carbocycles. The van der Waals surface area contributed by atoms with Crippen LogP contribution in [0.15, 0.2) is 18.2 Å². The summed E-state index contributed by atoms with van der Waals surface area (Å²) in [6.45, 7) is 3.19. The molecule has 5 rings (SSSR count). The van der Waals surface area contributed by atoms with E-state index in [1.54, 1.807) is 13.8 Å². The summed E-state index contributed by atoms with van der Waals surface area (Å²) in [5.74, 6) is -3.07. The number of methoxy groups -OCH3 is 1. The van der Waals surface area contributed by atoms with Crippen LogP contribution in [-0.4, -0.2) is 75.0 Å². The molecule has 3 aliphatic rings. The van der Waals surface area contributed by atoms with Crippen molar-refractivity contribution in [1.82, 2.24) is 0 Å². The number of aromatic hydroxyl groups is 2. The molecule has 1 aliphatic heterocycles. The number of ether oxygens (including phenoxy) is 3. The number of aliphatic hydroxyl groups is 2. The Morgan fingerprint density at radius 3 is 2.45 bits per heavy atom. The molecule has 0 saturated carbocycles. The summed E-state index contributed by atoms with van der Waals surface area (Å²) in [4.78, 5) is 40.1. The van der Waals surface area contributed by atoms with E-state index < -0.39 is 82.6 Å². The molecular weight excluding hydrogens is 546 g/mol. The highest BCUT2D eigenvalue weighted by molar-refractivity contribution is 6.31. The lowest BCUT2D eigenvalue weighted by Gasteiger charge is -2.42. The lowest BCUT2D eigenvalue weighted by molar-refractivity contribution is -0.247. The Bertz CT molecular complexity index is 1380. The van der Waals surface area contributed by atoms with Gasteiger partial charge in [0.1, 0.15) is 22.8 Å². The monoisotopic (exact) mass is 577 g/mol. The van der Waals surface area contributed by atoms with E-state index in [4.69, 9.17) is 19.9 Å². The van der Waals surface area contributed by atoms with E-state index in [0.29, 0.717) is 0 Å². The molecule has 11 nitrogen and oxygen atoms in total. The Hall–Kier alpha value is -3.06. The molecule has 0 spiro atoms. The Morgan fingerprint density at radius 1 is 1.15 bits per heavy atom. The number of carbonyl (C=O) groups is 3. The van der Waals surface area contributed by atoms with Crippen LogP contribution in [0.4, 0.5) is 0 Å². The average molecular weight is 578 g/mol. The first-order valence-electron chi connectivity index (χ1n) is 12.8. The third-order valence-electron chi connectivity index (χ3n) is 7.98. The fourth-order valence-corrected chi connectivity index (χ4v) is 5.93. The molecule has 0 amide bonds. The number of fused-ring (bicyclic) bond motifs is 3. The maximum Gasteiger partial charge on any atom is 0.202 e. The quantitative estimate of drug-likeness (QED) is 0.278. The van der Waals surface area contributed by atoms with Gasteiger partial charge in [0, 0.05) is 48.4 Å². The number of halogens is 1. The van der Waals surface area contributed by atoms with Crippen LogP contribution in [0.25, 0.3) is 0 Å². The first kappa shape index (κ1) is 29.9. The zero-order valence-corrected chi connectivity index (χ0v) is 23.0. The molecule has 2 aromatic rings. The minimum atomic E-state index is -1.99. The molecule has 6 atom stereocenters. The van der Waals surface area contributed by atoms with Crippen molar-refractivity contribution in [2.45, 2.75) is 75.8 Å². The number of benzene rings is 2. The maximum absolute atomic E-state index is 13.7. The summed E-state index contributed by atoms with van der Waals surface area (Å²) in [5, 5.41) is 44.5. The van der Waals surface area contributed by atoms with E-state index in [-0.39, 0.29) is 59.7 Å². The minimum Gasteiger partial charge on any atom is -0.507 e. The predicted octanol–water partition coefficient (Wildman–Crippen LogP) is 1.84. The van der Waals surface area contributed by atoms with Gasteiger partial charge in [-0.3, -0.25) is 14.4 Å². The largest absolute Gasteiger partial charge is 0.507 e. The second-order valence-electron chi connectivity index (χ2n) is 10.4. The molecule has 12 heteroatoms. The van der Waals surface area contributed by atoms with E-state index in [9.17, 15) is 34.8 Å². The van der Waals surface area contributed by atoms with Crippen LogP contribution < -0.4 is 10.5 Å². The second kappa shape index (κ2) is 10.7. The van der Waals surface area contributed by atoms with Gasteiger partial charge in [-0.2, -0.15) is 0 Å². The summed E-state index contributed by atoms with van der Waals surface area (Å²) in [6, 6.07) is 3.76. The van der Waals surface area contributed by atoms with Crippen molar-refractivity contribution in [3.8, 4) is 17.2 Å². The Labute approximate surface area is 236 Å².